The molecule has 3 aliphatic rings. The highest BCUT2D eigenvalue weighted by molar-refractivity contribution is 9.10. The number of amides is 2. The highest BCUT2D eigenvalue weighted by Gasteiger charge is 2.37. The van der Waals surface area contributed by atoms with E-state index in [1.54, 1.807) is 16.0 Å². The topological polar surface area (TPSA) is 134 Å². The van der Waals surface area contributed by atoms with Crippen LogP contribution in [0.15, 0.2) is 27.7 Å². The van der Waals surface area contributed by atoms with Gasteiger partial charge in [0.15, 0.2) is 11.6 Å². The minimum Gasteiger partial charge on any atom is -0.505 e. The SMILES string of the molecule is CC(C)(C)OC(=O)N1CCC(C2CCN(C(=O)c3nc(NS(=O)(=O)c4cc(Br)cc(Cl)c4O)cn3C3CCCC3)CC2)C1. The van der Waals surface area contributed by atoms with Gasteiger partial charge >= 0.3 is 6.09 Å². The van der Waals surface area contributed by atoms with Gasteiger partial charge in [0, 0.05) is 42.9 Å². The van der Waals surface area contributed by atoms with Gasteiger partial charge in [0.25, 0.3) is 15.9 Å². The number of nitrogens with one attached hydrogen (secondary N) is 1. The minimum atomic E-state index is -4.26. The molecule has 2 aromatic rings. The highest BCUT2D eigenvalue weighted by atomic mass is 79.9. The maximum absolute atomic E-state index is 13.8. The Morgan fingerprint density at radius 3 is 2.33 bits per heavy atom. The van der Waals surface area contributed by atoms with Crippen LogP contribution < -0.4 is 4.72 Å². The van der Waals surface area contributed by atoms with E-state index in [2.05, 4.69) is 25.6 Å². The van der Waals surface area contributed by atoms with E-state index < -0.39 is 26.3 Å². The van der Waals surface area contributed by atoms with Crippen molar-refractivity contribution in [2.45, 2.75) is 82.3 Å². The molecule has 1 saturated carbocycles. The number of aromatic nitrogens is 2. The number of hydrogen-bond acceptors (Lipinski definition) is 7. The lowest BCUT2D eigenvalue weighted by atomic mass is 9.84. The zero-order valence-electron chi connectivity index (χ0n) is 24.7. The molecule has 3 fully saturated rings. The van der Waals surface area contributed by atoms with Gasteiger partial charge in [-0.3, -0.25) is 9.52 Å². The Morgan fingerprint density at radius 1 is 1.05 bits per heavy atom. The number of ether oxygens (including phenoxy) is 1. The first-order valence-corrected chi connectivity index (χ1v) is 17.4. The molecule has 3 heterocycles. The average Bonchev–Trinajstić information content (AvgIpc) is 3.70. The second kappa shape index (κ2) is 12.5. The lowest BCUT2D eigenvalue weighted by Crippen LogP contribution is -2.42. The predicted molar refractivity (Wildman–Crippen MR) is 166 cm³/mol. The molecule has 2 N–H and O–H groups in total. The van der Waals surface area contributed by atoms with Crippen LogP contribution in [0.3, 0.4) is 0 Å². The van der Waals surface area contributed by atoms with Gasteiger partial charge in [-0.15, -0.1) is 0 Å². The number of phenols is 1. The number of imidazole rings is 1. The number of likely N-dealkylation sites (tertiary alicyclic amines) is 2. The smallest absolute Gasteiger partial charge is 0.410 e. The van der Waals surface area contributed by atoms with Gasteiger partial charge in [0.2, 0.25) is 5.82 Å². The quantitative estimate of drug-likeness (QED) is 0.376. The van der Waals surface area contributed by atoms with Crippen molar-refractivity contribution in [3.05, 3.63) is 33.6 Å². The molecule has 1 aromatic carbocycles. The van der Waals surface area contributed by atoms with Crippen LogP contribution in [0.1, 0.15) is 82.4 Å². The average molecular weight is 701 g/mol. The molecule has 5 rings (SSSR count). The van der Waals surface area contributed by atoms with Crippen LogP contribution in [0.5, 0.6) is 5.75 Å². The first-order valence-electron chi connectivity index (χ1n) is 14.8. The molecule has 0 radical (unpaired) electrons. The van der Waals surface area contributed by atoms with Crippen molar-refractivity contribution < 1.29 is 27.9 Å². The van der Waals surface area contributed by atoms with Crippen LogP contribution in [-0.4, -0.2) is 76.7 Å². The third-order valence-electron chi connectivity index (χ3n) is 8.53. The Bertz CT molecular complexity index is 1480. The van der Waals surface area contributed by atoms with Gasteiger partial charge in [0.05, 0.1) is 5.02 Å². The number of piperidine rings is 1. The fourth-order valence-electron chi connectivity index (χ4n) is 6.38. The fraction of sp³-hybridized carbons (Fsp3) is 0.621. The van der Waals surface area contributed by atoms with Crippen molar-refractivity contribution >= 4 is 55.4 Å². The number of halogens is 2. The molecule has 0 bridgehead atoms. The van der Waals surface area contributed by atoms with Crippen LogP contribution in [0.25, 0.3) is 0 Å². The van der Waals surface area contributed by atoms with Gasteiger partial charge in [-0.1, -0.05) is 40.4 Å². The monoisotopic (exact) mass is 699 g/mol. The van der Waals surface area contributed by atoms with Crippen molar-refractivity contribution in [3.8, 4) is 5.75 Å². The van der Waals surface area contributed by atoms with Crippen molar-refractivity contribution in [1.29, 1.82) is 0 Å². The maximum Gasteiger partial charge on any atom is 0.410 e. The second-order valence-electron chi connectivity index (χ2n) is 12.7. The highest BCUT2D eigenvalue weighted by Crippen LogP contribution is 2.37. The molecular weight excluding hydrogens is 662 g/mol. The van der Waals surface area contributed by atoms with Gasteiger partial charge in [-0.25, -0.2) is 18.2 Å². The summed E-state index contributed by atoms with van der Waals surface area (Å²) in [7, 11) is -4.26. The molecule has 43 heavy (non-hydrogen) atoms. The molecule has 0 spiro atoms. The van der Waals surface area contributed by atoms with E-state index in [0.717, 1.165) is 44.9 Å². The largest absolute Gasteiger partial charge is 0.505 e. The number of benzene rings is 1. The number of sulfonamides is 1. The lowest BCUT2D eigenvalue weighted by molar-refractivity contribution is 0.0279. The zero-order valence-corrected chi connectivity index (χ0v) is 27.8. The number of hydrogen-bond donors (Lipinski definition) is 2. The first-order chi connectivity index (χ1) is 20.2. The van der Waals surface area contributed by atoms with E-state index in [-0.39, 0.29) is 34.7 Å². The van der Waals surface area contributed by atoms with Crippen molar-refractivity contribution in [2.75, 3.05) is 30.9 Å². The van der Waals surface area contributed by atoms with E-state index in [4.69, 9.17) is 16.3 Å². The minimum absolute atomic E-state index is 0.00817. The van der Waals surface area contributed by atoms with Gasteiger partial charge < -0.3 is 24.2 Å². The number of aromatic hydroxyl groups is 1. The molecule has 2 aliphatic heterocycles. The predicted octanol–water partition coefficient (Wildman–Crippen LogP) is 6.03. The van der Waals surface area contributed by atoms with Gasteiger partial charge in [0.1, 0.15) is 10.5 Å². The summed E-state index contributed by atoms with van der Waals surface area (Å²) < 4.78 is 36.6. The van der Waals surface area contributed by atoms with Gasteiger partial charge in [-0.05, 0) is 76.8 Å². The van der Waals surface area contributed by atoms with Crippen LogP contribution in [0.4, 0.5) is 10.6 Å². The van der Waals surface area contributed by atoms with Crippen LogP contribution in [0, 0.1) is 11.8 Å². The Morgan fingerprint density at radius 2 is 1.67 bits per heavy atom. The summed E-state index contributed by atoms with van der Waals surface area (Å²) >= 11 is 9.21. The molecule has 1 atom stereocenters. The molecule has 1 aliphatic carbocycles. The second-order valence-corrected chi connectivity index (χ2v) is 15.7. The summed E-state index contributed by atoms with van der Waals surface area (Å²) in [4.78, 5) is 34.0. The number of anilines is 1. The summed E-state index contributed by atoms with van der Waals surface area (Å²) in [5.74, 6) is 0.187. The molecule has 14 heteroatoms. The van der Waals surface area contributed by atoms with Crippen molar-refractivity contribution in [1.82, 2.24) is 19.4 Å². The molecular formula is C29H39BrClN5O6S. The van der Waals surface area contributed by atoms with Gasteiger partial charge in [-0.2, -0.15) is 0 Å². The standard InChI is InChI=1S/C29H39BrClN5O6S/c1-29(2,3)42-28(39)35-13-10-19(16-35)18-8-11-34(12-9-18)27(38)26-32-24(17-36(26)21-6-4-5-7-21)33-43(40,41)23-15-20(30)14-22(31)25(23)37/h14-15,17-19,21,33,37H,4-13,16H2,1-3H3. The summed E-state index contributed by atoms with van der Waals surface area (Å²) in [6.45, 7) is 8.08. The molecule has 11 nitrogen and oxygen atoms in total. The molecule has 2 saturated heterocycles. The Kier molecular flexibility index (Phi) is 9.25. The van der Waals surface area contributed by atoms with Crippen LogP contribution >= 0.6 is 27.5 Å². The zero-order chi connectivity index (χ0) is 31.1. The summed E-state index contributed by atoms with van der Waals surface area (Å²) in [5, 5.41) is 10.2. The molecule has 1 unspecified atom stereocenters. The number of rotatable bonds is 6. The normalized spacial score (nSPS) is 20.5. The number of phenolic OH excluding ortho intramolecular Hbond substituents is 1. The van der Waals surface area contributed by atoms with Crippen molar-refractivity contribution in [3.63, 3.8) is 0 Å². The Hall–Kier alpha value is -2.51. The van der Waals surface area contributed by atoms with Crippen molar-refractivity contribution in [2.24, 2.45) is 11.8 Å². The van der Waals surface area contributed by atoms with E-state index in [9.17, 15) is 23.1 Å². The number of carbonyl (C=O) groups is 2. The van der Waals surface area contributed by atoms with Crippen LogP contribution in [0.2, 0.25) is 5.02 Å². The number of nitrogens with zero attached hydrogens (tertiary/aromatic N) is 4. The molecule has 1 aromatic heterocycles. The van der Waals surface area contributed by atoms with E-state index in [0.29, 0.717) is 42.5 Å². The van der Waals surface area contributed by atoms with E-state index in [1.807, 2.05) is 25.3 Å². The summed E-state index contributed by atoms with van der Waals surface area (Å²) in [6.07, 6.45) is 7.68. The first kappa shape index (κ1) is 31.9. The summed E-state index contributed by atoms with van der Waals surface area (Å²) in [5.41, 5.74) is -0.529. The summed E-state index contributed by atoms with van der Waals surface area (Å²) in [6, 6.07) is 2.70. The molecule has 236 valence electrons. The Balaban J connectivity index is 1.28. The Labute approximate surface area is 266 Å². The lowest BCUT2D eigenvalue weighted by Gasteiger charge is -2.35. The van der Waals surface area contributed by atoms with E-state index >= 15 is 0 Å². The molecule has 2 amide bonds. The van der Waals surface area contributed by atoms with E-state index in [1.165, 1.54) is 12.1 Å². The third-order valence-corrected chi connectivity index (χ3v) is 10.6. The third kappa shape index (κ3) is 7.25. The fourth-order valence-corrected chi connectivity index (χ4v) is 8.53. The number of carbonyl (C=O) groups excluding carboxylic acids is 2. The maximum atomic E-state index is 13.8. The van der Waals surface area contributed by atoms with Crippen LogP contribution in [-0.2, 0) is 14.8 Å².